The Morgan fingerprint density at radius 2 is 0.707 bits per heavy atom. The van der Waals surface area contributed by atoms with E-state index < -0.39 is 0 Å². The van der Waals surface area contributed by atoms with Crippen LogP contribution in [0, 0.1) is 0 Å². The quantitative estimate of drug-likeness (QED) is 0.151. The topological polar surface area (TPSA) is 16.4 Å². The molecule has 58 heavy (non-hydrogen) atoms. The van der Waals surface area contributed by atoms with Crippen LogP contribution in [0.4, 0.5) is 17.1 Å². The number of benzene rings is 10. The summed E-state index contributed by atoms with van der Waals surface area (Å²) >= 11 is 0. The molecule has 0 aliphatic heterocycles. The van der Waals surface area contributed by atoms with Gasteiger partial charge in [0.15, 0.2) is 0 Å². The number of para-hydroxylation sites is 1. The predicted molar refractivity (Wildman–Crippen MR) is 245 cm³/mol. The van der Waals surface area contributed by atoms with E-state index in [0.29, 0.717) is 0 Å². The molecule has 0 saturated heterocycles. The first kappa shape index (κ1) is 33.6. The van der Waals surface area contributed by atoms with E-state index in [1.165, 1.54) is 54.9 Å². The van der Waals surface area contributed by atoms with Crippen LogP contribution >= 0.6 is 0 Å². The summed E-state index contributed by atoms with van der Waals surface area (Å²) in [5, 5.41) is 7.26. The van der Waals surface area contributed by atoms with Crippen molar-refractivity contribution in [3.8, 4) is 44.5 Å². The molecule has 0 bridgehead atoms. The zero-order valence-corrected chi connectivity index (χ0v) is 31.7. The standard InChI is InChI=1S/C56H37NO/c1-3-15-38(16-4-1)39-29-31-44(32-30-39)57(46-33-34-50-49-25-11-12-28-53(49)58-54(50)37-46)45-22-14-20-42(36-45)41-19-13-21-43(35-41)56-52-27-10-8-24-48(52)47-23-7-9-26-51(47)55(56)40-17-5-2-6-18-40/h1-37H. The Morgan fingerprint density at radius 1 is 0.241 bits per heavy atom. The molecule has 0 saturated carbocycles. The summed E-state index contributed by atoms with van der Waals surface area (Å²) in [4.78, 5) is 2.33. The summed E-state index contributed by atoms with van der Waals surface area (Å²) in [6, 6.07) is 80.7. The molecule has 0 unspecified atom stereocenters. The van der Waals surface area contributed by atoms with E-state index in [0.717, 1.165) is 50.1 Å². The second kappa shape index (κ2) is 14.1. The molecule has 11 rings (SSSR count). The fraction of sp³-hybridized carbons (Fsp3) is 0. The lowest BCUT2D eigenvalue weighted by atomic mass is 9.84. The number of anilines is 3. The first-order valence-electron chi connectivity index (χ1n) is 19.8. The second-order valence-corrected chi connectivity index (χ2v) is 14.9. The zero-order chi connectivity index (χ0) is 38.4. The monoisotopic (exact) mass is 739 g/mol. The molecule has 1 heterocycles. The normalized spacial score (nSPS) is 11.4. The summed E-state index contributed by atoms with van der Waals surface area (Å²) < 4.78 is 6.41. The Hall–Kier alpha value is -7.68. The zero-order valence-electron chi connectivity index (χ0n) is 31.7. The Morgan fingerprint density at radius 3 is 1.41 bits per heavy atom. The molecule has 0 aliphatic carbocycles. The lowest BCUT2D eigenvalue weighted by Crippen LogP contribution is -2.10. The third-order valence-corrected chi connectivity index (χ3v) is 11.4. The van der Waals surface area contributed by atoms with Crippen LogP contribution in [0.3, 0.4) is 0 Å². The van der Waals surface area contributed by atoms with Crippen molar-refractivity contribution in [3.05, 3.63) is 224 Å². The summed E-state index contributed by atoms with van der Waals surface area (Å²) in [7, 11) is 0. The largest absolute Gasteiger partial charge is 0.456 e. The van der Waals surface area contributed by atoms with Crippen molar-refractivity contribution in [2.45, 2.75) is 0 Å². The van der Waals surface area contributed by atoms with Crippen LogP contribution in [0.25, 0.3) is 88.0 Å². The molecular weight excluding hydrogens is 703 g/mol. The van der Waals surface area contributed by atoms with Gasteiger partial charge >= 0.3 is 0 Å². The SMILES string of the molecule is c1ccc(-c2ccc(N(c3cccc(-c4cccc(-c5c(-c6ccccc6)c6ccccc6c6ccccc56)c4)c3)c3ccc4c(c3)oc3ccccc34)cc2)cc1. The molecule has 272 valence electrons. The first-order chi connectivity index (χ1) is 28.8. The van der Waals surface area contributed by atoms with Crippen molar-refractivity contribution in [2.75, 3.05) is 4.90 Å². The number of hydrogen-bond donors (Lipinski definition) is 0. The van der Waals surface area contributed by atoms with Crippen molar-refractivity contribution in [1.82, 2.24) is 0 Å². The minimum absolute atomic E-state index is 0.866. The Bertz CT molecular complexity index is 3270. The van der Waals surface area contributed by atoms with Gasteiger partial charge in [-0.15, -0.1) is 0 Å². The van der Waals surface area contributed by atoms with Crippen LogP contribution in [0.5, 0.6) is 0 Å². The second-order valence-electron chi connectivity index (χ2n) is 14.9. The highest BCUT2D eigenvalue weighted by Gasteiger charge is 2.19. The van der Waals surface area contributed by atoms with Crippen LogP contribution < -0.4 is 4.90 Å². The van der Waals surface area contributed by atoms with Gasteiger partial charge in [-0.1, -0.05) is 170 Å². The lowest BCUT2D eigenvalue weighted by molar-refractivity contribution is 0.669. The Kier molecular flexibility index (Phi) is 8.19. The van der Waals surface area contributed by atoms with Crippen LogP contribution in [0.15, 0.2) is 229 Å². The predicted octanol–water partition coefficient (Wildman–Crippen LogP) is 16.0. The third kappa shape index (κ3) is 5.82. The fourth-order valence-corrected chi connectivity index (χ4v) is 8.76. The smallest absolute Gasteiger partial charge is 0.137 e. The van der Waals surface area contributed by atoms with Gasteiger partial charge in [-0.25, -0.2) is 0 Å². The minimum atomic E-state index is 0.866. The molecular formula is C56H37NO. The molecule has 11 aromatic rings. The summed E-state index contributed by atoms with van der Waals surface area (Å²) in [5.41, 5.74) is 14.5. The average molecular weight is 740 g/mol. The Balaban J connectivity index is 1.07. The molecule has 0 fully saturated rings. The highest BCUT2D eigenvalue weighted by atomic mass is 16.3. The van der Waals surface area contributed by atoms with Gasteiger partial charge in [0.2, 0.25) is 0 Å². The van der Waals surface area contributed by atoms with E-state index in [2.05, 4.69) is 217 Å². The maximum absolute atomic E-state index is 6.41. The van der Waals surface area contributed by atoms with E-state index in [4.69, 9.17) is 4.42 Å². The summed E-state index contributed by atoms with van der Waals surface area (Å²) in [6.07, 6.45) is 0. The maximum atomic E-state index is 6.41. The van der Waals surface area contributed by atoms with Crippen LogP contribution in [0.2, 0.25) is 0 Å². The number of rotatable bonds is 7. The van der Waals surface area contributed by atoms with E-state index >= 15 is 0 Å². The highest BCUT2D eigenvalue weighted by molar-refractivity contribution is 6.21. The van der Waals surface area contributed by atoms with Crippen LogP contribution in [0.1, 0.15) is 0 Å². The molecule has 0 atom stereocenters. The van der Waals surface area contributed by atoms with Gasteiger partial charge in [-0.3, -0.25) is 0 Å². The maximum Gasteiger partial charge on any atom is 0.137 e. The van der Waals surface area contributed by atoms with Gasteiger partial charge in [-0.2, -0.15) is 0 Å². The third-order valence-electron chi connectivity index (χ3n) is 11.4. The minimum Gasteiger partial charge on any atom is -0.456 e. The molecule has 0 amide bonds. The first-order valence-corrected chi connectivity index (χ1v) is 19.8. The summed E-state index contributed by atoms with van der Waals surface area (Å²) in [6.45, 7) is 0. The fourth-order valence-electron chi connectivity index (χ4n) is 8.76. The molecule has 0 spiro atoms. The van der Waals surface area contributed by atoms with Crippen LogP contribution in [-0.4, -0.2) is 0 Å². The van der Waals surface area contributed by atoms with Crippen molar-refractivity contribution < 1.29 is 4.42 Å². The van der Waals surface area contributed by atoms with Gasteiger partial charge in [0.1, 0.15) is 11.2 Å². The van der Waals surface area contributed by atoms with Crippen LogP contribution in [-0.2, 0) is 0 Å². The van der Waals surface area contributed by atoms with Crippen molar-refractivity contribution in [1.29, 1.82) is 0 Å². The number of fused-ring (bicyclic) bond motifs is 6. The van der Waals surface area contributed by atoms with Gasteiger partial charge in [0.25, 0.3) is 0 Å². The number of nitrogens with zero attached hydrogens (tertiary/aromatic N) is 1. The van der Waals surface area contributed by atoms with Gasteiger partial charge in [0.05, 0.1) is 0 Å². The molecule has 0 N–H and O–H groups in total. The van der Waals surface area contributed by atoms with Crippen molar-refractivity contribution in [3.63, 3.8) is 0 Å². The molecule has 0 aliphatic rings. The molecule has 1 aromatic heterocycles. The van der Waals surface area contributed by atoms with Crippen molar-refractivity contribution >= 4 is 60.5 Å². The van der Waals surface area contributed by atoms with Gasteiger partial charge < -0.3 is 9.32 Å². The highest BCUT2D eigenvalue weighted by Crippen LogP contribution is 2.46. The number of hydrogen-bond acceptors (Lipinski definition) is 2. The van der Waals surface area contributed by atoms with E-state index in [-0.39, 0.29) is 0 Å². The average Bonchev–Trinajstić information content (AvgIpc) is 3.68. The van der Waals surface area contributed by atoms with Gasteiger partial charge in [0, 0.05) is 33.9 Å². The van der Waals surface area contributed by atoms with Crippen molar-refractivity contribution in [2.24, 2.45) is 0 Å². The van der Waals surface area contributed by atoms with E-state index in [1.54, 1.807) is 0 Å². The summed E-state index contributed by atoms with van der Waals surface area (Å²) in [5.74, 6) is 0. The van der Waals surface area contributed by atoms with E-state index in [9.17, 15) is 0 Å². The van der Waals surface area contributed by atoms with Gasteiger partial charge in [-0.05, 0) is 115 Å². The molecule has 10 aromatic carbocycles. The molecule has 2 nitrogen and oxygen atoms in total. The lowest BCUT2D eigenvalue weighted by Gasteiger charge is -2.26. The molecule has 2 heteroatoms. The Labute approximate surface area is 337 Å². The number of furan rings is 1. The molecule has 0 radical (unpaired) electrons. The van der Waals surface area contributed by atoms with E-state index in [1.807, 2.05) is 12.1 Å².